The first-order valence-corrected chi connectivity index (χ1v) is 2.46. The van der Waals surface area contributed by atoms with Crippen LogP contribution in [0.25, 0.3) is 0 Å². The number of nitrogens with one attached hydrogen (secondary N) is 1. The molecule has 0 aromatic carbocycles. The van der Waals surface area contributed by atoms with Gasteiger partial charge in [-0.1, -0.05) is 0 Å². The molecule has 1 aromatic rings. The fourth-order valence-electron chi connectivity index (χ4n) is 0.557. The van der Waals surface area contributed by atoms with Crippen LogP contribution in [0.15, 0.2) is 12.3 Å². The summed E-state index contributed by atoms with van der Waals surface area (Å²) in [6, 6.07) is 1.84. The molecule has 0 fully saturated rings. The van der Waals surface area contributed by atoms with Crippen LogP contribution in [-0.4, -0.2) is 9.78 Å². The van der Waals surface area contributed by atoms with E-state index in [1.807, 2.05) is 19.3 Å². The molecule has 0 atom stereocenters. The van der Waals surface area contributed by atoms with Gasteiger partial charge >= 0.3 is 0 Å². The van der Waals surface area contributed by atoms with Gasteiger partial charge in [0.1, 0.15) is 0 Å². The van der Waals surface area contributed by atoms with E-state index in [2.05, 4.69) is 5.10 Å². The van der Waals surface area contributed by atoms with E-state index in [-0.39, 0.29) is 6.54 Å². The molecule has 0 aliphatic rings. The molecular formula is C5H8N3. The summed E-state index contributed by atoms with van der Waals surface area (Å²) >= 11 is 0. The van der Waals surface area contributed by atoms with Crippen molar-refractivity contribution in [2.45, 2.75) is 6.54 Å². The Hall–Kier alpha value is -0.830. The van der Waals surface area contributed by atoms with Crippen LogP contribution in [0, 0.1) is 0 Å². The van der Waals surface area contributed by atoms with Crippen LogP contribution in [-0.2, 0) is 13.6 Å². The van der Waals surface area contributed by atoms with E-state index in [1.165, 1.54) is 0 Å². The predicted molar refractivity (Wildman–Crippen MR) is 30.0 cm³/mol. The summed E-state index contributed by atoms with van der Waals surface area (Å²) in [5.41, 5.74) is 7.71. The second-order valence-corrected chi connectivity index (χ2v) is 1.66. The average Bonchev–Trinajstić information content (AvgIpc) is 2.14. The SMILES string of the molecule is Cn1ccc(C[NH])n1. The second-order valence-electron chi connectivity index (χ2n) is 1.66. The fraction of sp³-hybridized carbons (Fsp3) is 0.400. The molecule has 0 unspecified atom stereocenters. The van der Waals surface area contributed by atoms with Gasteiger partial charge in [0.25, 0.3) is 0 Å². The first kappa shape index (κ1) is 5.31. The topological polar surface area (TPSA) is 41.6 Å². The van der Waals surface area contributed by atoms with Crippen molar-refractivity contribution >= 4 is 0 Å². The lowest BCUT2D eigenvalue weighted by Gasteiger charge is -1.83. The van der Waals surface area contributed by atoms with Gasteiger partial charge < -0.3 is 0 Å². The lowest BCUT2D eigenvalue weighted by atomic mass is 10.4. The number of rotatable bonds is 1. The van der Waals surface area contributed by atoms with Gasteiger partial charge in [0.05, 0.1) is 12.2 Å². The van der Waals surface area contributed by atoms with Gasteiger partial charge in [-0.3, -0.25) is 10.4 Å². The monoisotopic (exact) mass is 110 g/mol. The molecule has 1 N–H and O–H groups in total. The number of nitrogens with zero attached hydrogens (tertiary/aromatic N) is 2. The molecule has 1 radical (unpaired) electrons. The third kappa shape index (κ3) is 0.869. The van der Waals surface area contributed by atoms with Crippen LogP contribution in [0.2, 0.25) is 0 Å². The summed E-state index contributed by atoms with van der Waals surface area (Å²) < 4.78 is 1.70. The molecule has 0 aliphatic heterocycles. The zero-order valence-corrected chi connectivity index (χ0v) is 4.76. The quantitative estimate of drug-likeness (QED) is 0.509. The molecule has 0 spiro atoms. The molecule has 1 heterocycles. The van der Waals surface area contributed by atoms with Crippen molar-refractivity contribution in [2.75, 3.05) is 0 Å². The fourth-order valence-corrected chi connectivity index (χ4v) is 0.557. The van der Waals surface area contributed by atoms with E-state index < -0.39 is 0 Å². The number of hydrogen-bond acceptors (Lipinski definition) is 1. The first-order chi connectivity index (χ1) is 3.83. The minimum atomic E-state index is 0.279. The third-order valence-corrected chi connectivity index (χ3v) is 0.950. The summed E-state index contributed by atoms with van der Waals surface area (Å²) in [7, 11) is 1.85. The Morgan fingerprint density at radius 1 is 1.88 bits per heavy atom. The number of aromatic nitrogens is 2. The highest BCUT2D eigenvalue weighted by Crippen LogP contribution is 1.90. The smallest absolute Gasteiger partial charge is 0.0776 e. The second kappa shape index (κ2) is 1.96. The van der Waals surface area contributed by atoms with Crippen molar-refractivity contribution < 1.29 is 0 Å². The maximum atomic E-state index is 6.88. The average molecular weight is 110 g/mol. The first-order valence-electron chi connectivity index (χ1n) is 2.46. The molecule has 43 valence electrons. The lowest BCUT2D eigenvalue weighted by molar-refractivity contribution is 0.740. The molecular weight excluding hydrogens is 102 g/mol. The van der Waals surface area contributed by atoms with Crippen LogP contribution >= 0.6 is 0 Å². The number of hydrogen-bond donors (Lipinski definition) is 0. The molecule has 0 saturated carbocycles. The molecule has 3 nitrogen and oxygen atoms in total. The van der Waals surface area contributed by atoms with Crippen molar-refractivity contribution in [3.05, 3.63) is 18.0 Å². The highest BCUT2D eigenvalue weighted by atomic mass is 15.2. The van der Waals surface area contributed by atoms with Crippen LogP contribution in [0.4, 0.5) is 0 Å². The maximum absolute atomic E-state index is 6.88. The molecule has 0 bridgehead atoms. The van der Waals surface area contributed by atoms with Gasteiger partial charge in [-0.2, -0.15) is 5.10 Å². The summed E-state index contributed by atoms with van der Waals surface area (Å²) in [5, 5.41) is 3.96. The van der Waals surface area contributed by atoms with Gasteiger partial charge in [-0.25, -0.2) is 0 Å². The Labute approximate surface area is 48.1 Å². The molecule has 3 heteroatoms. The predicted octanol–water partition coefficient (Wildman–Crippen LogP) is 0.203. The van der Waals surface area contributed by atoms with Crippen molar-refractivity contribution in [2.24, 2.45) is 7.05 Å². The minimum absolute atomic E-state index is 0.279. The summed E-state index contributed by atoms with van der Waals surface area (Å²) in [5.74, 6) is 0. The van der Waals surface area contributed by atoms with Crippen molar-refractivity contribution in [3.63, 3.8) is 0 Å². The molecule has 0 saturated heterocycles. The van der Waals surface area contributed by atoms with Crippen LogP contribution in [0.5, 0.6) is 0 Å². The normalized spacial score (nSPS) is 9.75. The molecule has 8 heavy (non-hydrogen) atoms. The van der Waals surface area contributed by atoms with Crippen LogP contribution < -0.4 is 5.73 Å². The third-order valence-electron chi connectivity index (χ3n) is 0.950. The van der Waals surface area contributed by atoms with E-state index in [4.69, 9.17) is 5.73 Å². The van der Waals surface area contributed by atoms with E-state index in [1.54, 1.807) is 4.68 Å². The van der Waals surface area contributed by atoms with Crippen molar-refractivity contribution in [3.8, 4) is 0 Å². The Bertz CT molecular complexity index is 168. The molecule has 0 aliphatic carbocycles. The van der Waals surface area contributed by atoms with E-state index in [0.29, 0.717) is 0 Å². The van der Waals surface area contributed by atoms with Crippen molar-refractivity contribution in [1.82, 2.24) is 15.5 Å². The van der Waals surface area contributed by atoms with Crippen molar-refractivity contribution in [1.29, 1.82) is 0 Å². The van der Waals surface area contributed by atoms with Gasteiger partial charge in [-0.15, -0.1) is 0 Å². The van der Waals surface area contributed by atoms with Crippen LogP contribution in [0.3, 0.4) is 0 Å². The van der Waals surface area contributed by atoms with E-state index >= 15 is 0 Å². The Balaban J connectivity index is 2.84. The Morgan fingerprint density at radius 3 is 2.88 bits per heavy atom. The zero-order chi connectivity index (χ0) is 5.98. The number of aryl methyl sites for hydroxylation is 1. The maximum Gasteiger partial charge on any atom is 0.0776 e. The summed E-state index contributed by atoms with van der Waals surface area (Å²) in [6.45, 7) is 0.279. The standard InChI is InChI=1S/C5H8N3/c1-8-3-2-5(4-6)7-8/h2-3,6H,4H2,1H3. The zero-order valence-electron chi connectivity index (χ0n) is 4.76. The van der Waals surface area contributed by atoms with Gasteiger partial charge in [-0.05, 0) is 6.07 Å². The summed E-state index contributed by atoms with van der Waals surface area (Å²) in [4.78, 5) is 0. The van der Waals surface area contributed by atoms with E-state index in [9.17, 15) is 0 Å². The molecule has 1 aromatic heterocycles. The highest BCUT2D eigenvalue weighted by molar-refractivity contribution is 4.96. The lowest BCUT2D eigenvalue weighted by Crippen LogP contribution is -1.90. The molecule has 0 amide bonds. The molecule has 1 rings (SSSR count). The Kier molecular flexibility index (Phi) is 1.30. The minimum Gasteiger partial charge on any atom is -0.276 e. The van der Waals surface area contributed by atoms with E-state index in [0.717, 1.165) is 5.69 Å². The van der Waals surface area contributed by atoms with Gasteiger partial charge in [0, 0.05) is 13.2 Å². The largest absolute Gasteiger partial charge is 0.276 e. The van der Waals surface area contributed by atoms with Gasteiger partial charge in [0.15, 0.2) is 0 Å². The van der Waals surface area contributed by atoms with Crippen LogP contribution in [0.1, 0.15) is 5.69 Å². The van der Waals surface area contributed by atoms with Gasteiger partial charge in [0.2, 0.25) is 0 Å². The Morgan fingerprint density at radius 2 is 2.62 bits per heavy atom. The summed E-state index contributed by atoms with van der Waals surface area (Å²) in [6.07, 6.45) is 1.84. The highest BCUT2D eigenvalue weighted by Gasteiger charge is 1.89.